The van der Waals surface area contributed by atoms with Crippen LogP contribution >= 0.6 is 11.2 Å². The average Bonchev–Trinajstić information content (AvgIpc) is 2.02. The minimum absolute atomic E-state index is 1.13. The first-order valence-electron chi connectivity index (χ1n) is 4.07. The van der Waals surface area contributed by atoms with Gasteiger partial charge in [-0.3, -0.25) is 0 Å². The van der Waals surface area contributed by atoms with E-state index in [-0.39, 0.29) is 0 Å². The first-order chi connectivity index (χ1) is 5.58. The van der Waals surface area contributed by atoms with Crippen LogP contribution in [0.15, 0.2) is 35.2 Å². The average molecular weight is 194 g/mol. The van der Waals surface area contributed by atoms with Gasteiger partial charge in [0.05, 0.1) is 0 Å². The summed E-state index contributed by atoms with van der Waals surface area (Å²) in [6, 6.07) is 10.4. The SMILES string of the molecule is C[Si](C)(C)C#Sc1ccccc1. The van der Waals surface area contributed by atoms with Crippen LogP contribution in [0.1, 0.15) is 0 Å². The van der Waals surface area contributed by atoms with E-state index in [0.29, 0.717) is 0 Å². The fourth-order valence-electron chi connectivity index (χ4n) is 0.701. The number of benzene rings is 1. The lowest BCUT2D eigenvalue weighted by Gasteiger charge is -2.02. The Balaban J connectivity index is 2.81. The first kappa shape index (κ1) is 9.52. The van der Waals surface area contributed by atoms with Crippen LogP contribution in [0.3, 0.4) is 0 Å². The Kier molecular flexibility index (Phi) is 3.10. The maximum absolute atomic E-state index is 3.49. The second kappa shape index (κ2) is 3.90. The molecule has 0 aliphatic heterocycles. The molecular formula is C10H14SSi. The first-order valence-corrected chi connectivity index (χ1v) is 8.39. The highest BCUT2D eigenvalue weighted by atomic mass is 32.1. The zero-order chi connectivity index (χ0) is 9.03. The fourth-order valence-corrected chi connectivity index (χ4v) is 2.69. The largest absolute Gasteiger partial charge is 0.132 e. The normalized spacial score (nSPS) is 10.6. The van der Waals surface area contributed by atoms with Crippen LogP contribution in [0.25, 0.3) is 0 Å². The summed E-state index contributed by atoms with van der Waals surface area (Å²) in [6.07, 6.45) is 0. The standard InChI is InChI=1S/C10H14SSi/c1-12(2,3)9-11-10-7-5-4-6-8-10/h4-8H,1-3H3. The Hall–Kier alpha value is -0.563. The van der Waals surface area contributed by atoms with Crippen molar-refractivity contribution in [2.75, 3.05) is 0 Å². The molecule has 0 N–H and O–H groups in total. The Morgan fingerprint density at radius 2 is 1.67 bits per heavy atom. The maximum atomic E-state index is 3.49. The van der Waals surface area contributed by atoms with Gasteiger partial charge in [-0.15, -0.1) is 16.0 Å². The third-order valence-corrected chi connectivity index (χ3v) is 4.58. The molecule has 1 rings (SSSR count). The lowest BCUT2D eigenvalue weighted by atomic mass is 10.4. The van der Waals surface area contributed by atoms with Gasteiger partial charge in [0.2, 0.25) is 0 Å². The molecule has 0 bridgehead atoms. The van der Waals surface area contributed by atoms with Gasteiger partial charge in [-0.2, -0.15) is 0 Å². The van der Waals surface area contributed by atoms with Crippen LogP contribution in [0.4, 0.5) is 0 Å². The molecule has 0 aliphatic carbocycles. The highest BCUT2D eigenvalue weighted by Gasteiger charge is 2.07. The van der Waals surface area contributed by atoms with Gasteiger partial charge >= 0.3 is 0 Å². The molecule has 0 spiro atoms. The molecule has 1 aromatic carbocycles. The summed E-state index contributed by atoms with van der Waals surface area (Å²) in [5, 5.41) is 0. The Labute approximate surface area is 79.2 Å². The van der Waals surface area contributed by atoms with E-state index in [2.05, 4.69) is 48.7 Å². The van der Waals surface area contributed by atoms with E-state index in [9.17, 15) is 0 Å². The third kappa shape index (κ3) is 3.72. The van der Waals surface area contributed by atoms with Crippen molar-refractivity contribution in [3.63, 3.8) is 0 Å². The molecule has 0 nitrogen and oxygen atoms in total. The summed E-state index contributed by atoms with van der Waals surface area (Å²) in [7, 11) is -1.13. The molecule has 0 saturated heterocycles. The summed E-state index contributed by atoms with van der Waals surface area (Å²) in [6.45, 7) is 6.88. The van der Waals surface area contributed by atoms with E-state index in [1.807, 2.05) is 6.07 Å². The van der Waals surface area contributed by atoms with Crippen molar-refractivity contribution in [3.8, 4) is 4.81 Å². The fraction of sp³-hybridized carbons (Fsp3) is 0.300. The van der Waals surface area contributed by atoms with E-state index in [1.165, 1.54) is 4.90 Å². The zero-order valence-corrected chi connectivity index (χ0v) is 9.61. The van der Waals surface area contributed by atoms with Gasteiger partial charge in [0.1, 0.15) is 8.07 Å². The number of hydrogen-bond donors (Lipinski definition) is 0. The summed E-state index contributed by atoms with van der Waals surface area (Å²) in [5.41, 5.74) is 0. The molecule has 0 atom stereocenters. The molecule has 2 heteroatoms. The lowest BCUT2D eigenvalue weighted by molar-refractivity contribution is 1.48. The van der Waals surface area contributed by atoms with E-state index >= 15 is 0 Å². The van der Waals surface area contributed by atoms with Crippen LogP contribution in [-0.2, 0) is 0 Å². The molecule has 12 heavy (non-hydrogen) atoms. The Bertz CT molecular complexity index is 300. The van der Waals surface area contributed by atoms with E-state index in [0.717, 1.165) is 0 Å². The van der Waals surface area contributed by atoms with Crippen molar-refractivity contribution in [1.82, 2.24) is 0 Å². The van der Waals surface area contributed by atoms with Crippen molar-refractivity contribution in [1.29, 1.82) is 0 Å². The van der Waals surface area contributed by atoms with Crippen LogP contribution in [-0.4, -0.2) is 8.07 Å². The van der Waals surface area contributed by atoms with Crippen molar-refractivity contribution < 1.29 is 0 Å². The second-order valence-electron chi connectivity index (χ2n) is 3.77. The molecule has 0 radical (unpaired) electrons. The smallest absolute Gasteiger partial charge is 0.115 e. The molecule has 0 fully saturated rings. The number of rotatable bonds is 0. The molecule has 0 unspecified atom stereocenters. The van der Waals surface area contributed by atoms with Gasteiger partial charge in [0.25, 0.3) is 0 Å². The van der Waals surface area contributed by atoms with Crippen molar-refractivity contribution in [2.24, 2.45) is 0 Å². The Morgan fingerprint density at radius 3 is 2.17 bits per heavy atom. The molecule has 0 aliphatic rings. The predicted molar refractivity (Wildman–Crippen MR) is 59.5 cm³/mol. The summed E-state index contributed by atoms with van der Waals surface area (Å²) in [5.74, 6) is 0. The molecule has 0 saturated carbocycles. The van der Waals surface area contributed by atoms with E-state index in [4.69, 9.17) is 0 Å². The van der Waals surface area contributed by atoms with Crippen LogP contribution in [0.2, 0.25) is 19.6 Å². The number of hydrogen-bond acceptors (Lipinski definition) is 0. The van der Waals surface area contributed by atoms with E-state index in [1.54, 1.807) is 11.2 Å². The molecule has 1 aromatic rings. The van der Waals surface area contributed by atoms with E-state index < -0.39 is 8.07 Å². The van der Waals surface area contributed by atoms with Crippen molar-refractivity contribution in [2.45, 2.75) is 24.5 Å². The quantitative estimate of drug-likeness (QED) is 0.553. The summed E-state index contributed by atoms with van der Waals surface area (Å²) in [4.78, 5) is 4.79. The Morgan fingerprint density at radius 1 is 1.08 bits per heavy atom. The topological polar surface area (TPSA) is 0 Å². The predicted octanol–water partition coefficient (Wildman–Crippen LogP) is 3.62. The van der Waals surface area contributed by atoms with Gasteiger partial charge < -0.3 is 0 Å². The van der Waals surface area contributed by atoms with Gasteiger partial charge in [-0.25, -0.2) is 0 Å². The van der Waals surface area contributed by atoms with Crippen LogP contribution in [0, 0.1) is 4.81 Å². The van der Waals surface area contributed by atoms with Crippen LogP contribution < -0.4 is 0 Å². The van der Waals surface area contributed by atoms with Gasteiger partial charge in [-0.05, 0) is 12.1 Å². The third-order valence-electron chi connectivity index (χ3n) is 1.22. The highest BCUT2D eigenvalue weighted by Crippen LogP contribution is 2.09. The summed E-state index contributed by atoms with van der Waals surface area (Å²) >= 11 is 1.74. The maximum Gasteiger partial charge on any atom is 0.132 e. The lowest BCUT2D eigenvalue weighted by Crippen LogP contribution is -2.15. The van der Waals surface area contributed by atoms with Gasteiger partial charge in [0.15, 0.2) is 0 Å². The monoisotopic (exact) mass is 194 g/mol. The zero-order valence-electron chi connectivity index (χ0n) is 7.79. The minimum Gasteiger partial charge on any atom is -0.115 e. The molecule has 0 amide bonds. The molecule has 0 heterocycles. The van der Waals surface area contributed by atoms with Crippen molar-refractivity contribution >= 4 is 19.2 Å². The van der Waals surface area contributed by atoms with Crippen LogP contribution in [0.5, 0.6) is 0 Å². The second-order valence-corrected chi connectivity index (χ2v) is 9.76. The van der Waals surface area contributed by atoms with Gasteiger partial charge in [0, 0.05) is 4.90 Å². The van der Waals surface area contributed by atoms with Gasteiger partial charge in [-0.1, -0.05) is 37.8 Å². The summed E-state index contributed by atoms with van der Waals surface area (Å²) < 4.78 is 0. The molecule has 0 aromatic heterocycles. The van der Waals surface area contributed by atoms with Crippen molar-refractivity contribution in [3.05, 3.63) is 30.3 Å². The molecule has 64 valence electrons. The molecular weight excluding hydrogens is 180 g/mol. The minimum atomic E-state index is -1.13. The highest BCUT2D eigenvalue weighted by molar-refractivity contribution is 7.89.